The summed E-state index contributed by atoms with van der Waals surface area (Å²) in [5.41, 5.74) is -0.489. The largest absolute Gasteiger partial charge is 0.329 e. The van der Waals surface area contributed by atoms with E-state index in [2.05, 4.69) is 11.8 Å². The molecule has 0 aromatic rings. The second-order valence-electron chi connectivity index (χ2n) is 3.39. The van der Waals surface area contributed by atoms with Crippen molar-refractivity contribution in [3.8, 4) is 11.8 Å². The van der Waals surface area contributed by atoms with Crippen molar-refractivity contribution in [2.24, 2.45) is 5.92 Å². The molecule has 2 unspecified atom stereocenters. The Labute approximate surface area is 88.8 Å². The van der Waals surface area contributed by atoms with Crippen LogP contribution in [0.15, 0.2) is 0 Å². The summed E-state index contributed by atoms with van der Waals surface area (Å²) in [5.74, 6) is 7.66. The van der Waals surface area contributed by atoms with Crippen LogP contribution in [0.3, 0.4) is 0 Å². The summed E-state index contributed by atoms with van der Waals surface area (Å²) in [6.45, 7) is 1.98. The highest BCUT2D eigenvalue weighted by atomic mass is 32.2. The van der Waals surface area contributed by atoms with E-state index >= 15 is 0 Å². The molecule has 2 N–H and O–H groups in total. The number of hydrogen-bond donors (Lipinski definition) is 2. The lowest BCUT2D eigenvalue weighted by molar-refractivity contribution is 0.354. The van der Waals surface area contributed by atoms with Gasteiger partial charge in [-0.3, -0.25) is 4.57 Å². The molecular formula is C9H15O3PS. The Morgan fingerprint density at radius 3 is 2.79 bits per heavy atom. The monoisotopic (exact) mass is 234 g/mol. The van der Waals surface area contributed by atoms with E-state index in [4.69, 9.17) is 9.79 Å². The molecule has 1 fully saturated rings. The van der Waals surface area contributed by atoms with Crippen molar-refractivity contribution in [1.82, 2.24) is 0 Å². The Hall–Kier alpha value is 0.0600. The van der Waals surface area contributed by atoms with E-state index in [1.807, 2.05) is 6.92 Å². The first-order valence-corrected chi connectivity index (χ1v) is 7.49. The number of rotatable bonds is 1. The molecule has 1 aliphatic rings. The van der Waals surface area contributed by atoms with Crippen LogP contribution in [-0.4, -0.2) is 27.0 Å². The zero-order valence-corrected chi connectivity index (χ0v) is 9.85. The van der Waals surface area contributed by atoms with E-state index in [9.17, 15) is 4.57 Å². The number of hydrogen-bond acceptors (Lipinski definition) is 2. The fourth-order valence-electron chi connectivity index (χ4n) is 1.39. The van der Waals surface area contributed by atoms with Crippen molar-refractivity contribution < 1.29 is 14.4 Å². The highest BCUT2D eigenvalue weighted by molar-refractivity contribution is 7.99. The molecule has 3 nitrogen and oxygen atoms in total. The van der Waals surface area contributed by atoms with Gasteiger partial charge in [-0.1, -0.05) is 12.8 Å². The molecule has 5 heteroatoms. The van der Waals surface area contributed by atoms with Gasteiger partial charge < -0.3 is 9.79 Å². The Kier molecular flexibility index (Phi) is 4.53. The van der Waals surface area contributed by atoms with Crippen LogP contribution in [0, 0.1) is 17.8 Å². The summed E-state index contributed by atoms with van der Waals surface area (Å²) < 4.78 is 11.0. The van der Waals surface area contributed by atoms with Gasteiger partial charge in [-0.05, 0) is 6.42 Å². The van der Waals surface area contributed by atoms with Gasteiger partial charge in [0.1, 0.15) is 0 Å². The second kappa shape index (κ2) is 5.23. The molecule has 80 valence electrons. The molecule has 14 heavy (non-hydrogen) atoms. The molecule has 0 radical (unpaired) electrons. The van der Waals surface area contributed by atoms with Crippen molar-refractivity contribution in [2.45, 2.75) is 25.4 Å². The predicted molar refractivity (Wildman–Crippen MR) is 59.3 cm³/mol. The maximum absolute atomic E-state index is 11.0. The molecule has 1 heterocycles. The molecule has 0 bridgehead atoms. The van der Waals surface area contributed by atoms with Gasteiger partial charge in [-0.15, -0.1) is 5.92 Å². The number of thioether (sulfide) groups is 1. The minimum Gasteiger partial charge on any atom is -0.324 e. The lowest BCUT2D eigenvalue weighted by Crippen LogP contribution is -2.23. The molecule has 2 atom stereocenters. The maximum atomic E-state index is 11.0. The maximum Gasteiger partial charge on any atom is 0.329 e. The molecule has 0 spiro atoms. The standard InChI is InChI=1S/C9H15O3PS/c1-2-3-4-8-5-9(7-14-6-8)13(10,11)12/h8-9H,2,5-7H2,1H3,(H2,10,11,12). The van der Waals surface area contributed by atoms with Gasteiger partial charge in [0.25, 0.3) is 0 Å². The van der Waals surface area contributed by atoms with Gasteiger partial charge in [0.05, 0.1) is 5.66 Å². The Balaban J connectivity index is 2.56. The van der Waals surface area contributed by atoms with Gasteiger partial charge in [-0.25, -0.2) is 0 Å². The van der Waals surface area contributed by atoms with Gasteiger partial charge in [0, 0.05) is 23.8 Å². The lowest BCUT2D eigenvalue weighted by Gasteiger charge is -2.26. The van der Waals surface area contributed by atoms with E-state index in [-0.39, 0.29) is 5.92 Å². The highest BCUT2D eigenvalue weighted by Crippen LogP contribution is 2.47. The molecule has 1 saturated heterocycles. The third-order valence-electron chi connectivity index (χ3n) is 2.14. The third-order valence-corrected chi connectivity index (χ3v) is 5.01. The van der Waals surface area contributed by atoms with E-state index < -0.39 is 13.3 Å². The van der Waals surface area contributed by atoms with Gasteiger partial charge in [-0.2, -0.15) is 11.8 Å². The van der Waals surface area contributed by atoms with Gasteiger partial charge in [0.2, 0.25) is 0 Å². The van der Waals surface area contributed by atoms with Crippen molar-refractivity contribution in [1.29, 1.82) is 0 Å². The van der Waals surface area contributed by atoms with Crippen LogP contribution in [0.2, 0.25) is 0 Å². The van der Waals surface area contributed by atoms with E-state index in [1.165, 1.54) is 0 Å². The fraction of sp³-hybridized carbons (Fsp3) is 0.778. The fourth-order valence-corrected chi connectivity index (χ4v) is 4.06. The Morgan fingerprint density at radius 2 is 2.21 bits per heavy atom. The highest BCUT2D eigenvalue weighted by Gasteiger charge is 2.33. The van der Waals surface area contributed by atoms with Crippen LogP contribution < -0.4 is 0 Å². The second-order valence-corrected chi connectivity index (χ2v) is 6.37. The molecule has 0 aliphatic carbocycles. The zero-order valence-electron chi connectivity index (χ0n) is 8.14. The van der Waals surface area contributed by atoms with Crippen LogP contribution in [0.25, 0.3) is 0 Å². The summed E-state index contributed by atoms with van der Waals surface area (Å²) in [4.78, 5) is 18.1. The summed E-state index contributed by atoms with van der Waals surface area (Å²) in [6.07, 6.45) is 1.35. The van der Waals surface area contributed by atoms with Gasteiger partial charge >= 0.3 is 7.60 Å². The van der Waals surface area contributed by atoms with E-state index in [0.717, 1.165) is 12.2 Å². The summed E-state index contributed by atoms with van der Waals surface area (Å²) in [5, 5.41) is 0. The minimum atomic E-state index is -3.90. The first kappa shape index (κ1) is 12.1. The first-order valence-electron chi connectivity index (χ1n) is 4.65. The van der Waals surface area contributed by atoms with Crippen LogP contribution in [-0.2, 0) is 4.57 Å². The lowest BCUT2D eigenvalue weighted by atomic mass is 10.1. The third kappa shape index (κ3) is 3.67. The molecule has 1 rings (SSSR count). The topological polar surface area (TPSA) is 57.5 Å². The molecule has 0 saturated carbocycles. The van der Waals surface area contributed by atoms with Crippen LogP contribution in [0.5, 0.6) is 0 Å². The molecule has 1 aliphatic heterocycles. The van der Waals surface area contributed by atoms with Crippen LogP contribution in [0.4, 0.5) is 0 Å². The van der Waals surface area contributed by atoms with E-state index in [0.29, 0.717) is 12.2 Å². The predicted octanol–water partition coefficient (Wildman–Crippen LogP) is 1.70. The SMILES string of the molecule is CCC#CC1CSCC(P(=O)(O)O)C1. The first-order chi connectivity index (χ1) is 6.54. The molecule has 0 amide bonds. The van der Waals surface area contributed by atoms with Crippen molar-refractivity contribution in [3.63, 3.8) is 0 Å². The molecular weight excluding hydrogens is 219 g/mol. The van der Waals surface area contributed by atoms with Crippen molar-refractivity contribution in [3.05, 3.63) is 0 Å². The molecule has 0 aromatic carbocycles. The quantitative estimate of drug-likeness (QED) is 0.535. The molecule has 0 aromatic heterocycles. The van der Waals surface area contributed by atoms with Crippen LogP contribution >= 0.6 is 19.4 Å². The van der Waals surface area contributed by atoms with Gasteiger partial charge in [0.15, 0.2) is 0 Å². The van der Waals surface area contributed by atoms with E-state index in [1.54, 1.807) is 11.8 Å². The average molecular weight is 234 g/mol. The minimum absolute atomic E-state index is 0.159. The van der Waals surface area contributed by atoms with Crippen molar-refractivity contribution in [2.75, 3.05) is 11.5 Å². The summed E-state index contributed by atoms with van der Waals surface area (Å²) >= 11 is 1.59. The van der Waals surface area contributed by atoms with Crippen LogP contribution in [0.1, 0.15) is 19.8 Å². The smallest absolute Gasteiger partial charge is 0.324 e. The van der Waals surface area contributed by atoms with Crippen molar-refractivity contribution >= 4 is 19.4 Å². The zero-order chi connectivity index (χ0) is 10.6. The Bertz CT molecular complexity index is 288. The summed E-state index contributed by atoms with van der Waals surface area (Å²) in [7, 11) is -3.90. The normalized spacial score (nSPS) is 27.9. The average Bonchev–Trinajstić information content (AvgIpc) is 2.14. The Morgan fingerprint density at radius 1 is 1.50 bits per heavy atom. The summed E-state index contributed by atoms with van der Waals surface area (Å²) in [6, 6.07) is 0.